The Morgan fingerprint density at radius 2 is 2.05 bits per heavy atom. The summed E-state index contributed by atoms with van der Waals surface area (Å²) in [6.45, 7) is 6.17. The summed E-state index contributed by atoms with van der Waals surface area (Å²) in [6.07, 6.45) is 1.09. The Bertz CT molecular complexity index is 594. The molecule has 3 heteroatoms. The average Bonchev–Trinajstić information content (AvgIpc) is 2.81. The van der Waals surface area contributed by atoms with Crippen molar-refractivity contribution in [3.63, 3.8) is 0 Å². The van der Waals surface area contributed by atoms with E-state index >= 15 is 0 Å². The number of para-hydroxylation sites is 1. The Morgan fingerprint density at radius 1 is 1.20 bits per heavy atom. The number of hydrogen-bond acceptors (Lipinski definition) is 3. The first-order valence-corrected chi connectivity index (χ1v) is 7.33. The highest BCUT2D eigenvalue weighted by Crippen LogP contribution is 2.36. The van der Waals surface area contributed by atoms with Gasteiger partial charge in [-0.05, 0) is 43.7 Å². The summed E-state index contributed by atoms with van der Waals surface area (Å²) in [5.74, 6) is 1.05. The first-order valence-electron chi connectivity index (χ1n) is 7.33. The molecule has 0 aliphatic carbocycles. The van der Waals surface area contributed by atoms with E-state index in [0.29, 0.717) is 6.04 Å². The van der Waals surface area contributed by atoms with Crippen molar-refractivity contribution in [3.8, 4) is 0 Å². The van der Waals surface area contributed by atoms with Gasteiger partial charge in [0, 0.05) is 18.3 Å². The minimum absolute atomic E-state index is 0.467. The van der Waals surface area contributed by atoms with Crippen LogP contribution in [0.2, 0.25) is 0 Å². The molecule has 20 heavy (non-hydrogen) atoms. The Morgan fingerprint density at radius 3 is 2.90 bits per heavy atom. The van der Waals surface area contributed by atoms with Gasteiger partial charge in [-0.1, -0.05) is 31.2 Å². The third-order valence-electron chi connectivity index (χ3n) is 3.80. The molecule has 2 aromatic rings. The van der Waals surface area contributed by atoms with Gasteiger partial charge >= 0.3 is 0 Å². The lowest BCUT2D eigenvalue weighted by Gasteiger charge is -2.24. The van der Waals surface area contributed by atoms with Gasteiger partial charge in [0.15, 0.2) is 0 Å². The van der Waals surface area contributed by atoms with Gasteiger partial charge in [-0.25, -0.2) is 4.98 Å². The highest BCUT2D eigenvalue weighted by molar-refractivity contribution is 5.68. The molecule has 1 unspecified atom stereocenters. The molecule has 0 spiro atoms. The van der Waals surface area contributed by atoms with E-state index in [4.69, 9.17) is 4.98 Å². The topological polar surface area (TPSA) is 28.2 Å². The van der Waals surface area contributed by atoms with Gasteiger partial charge in [-0.2, -0.15) is 0 Å². The van der Waals surface area contributed by atoms with E-state index in [0.717, 1.165) is 31.0 Å². The molecule has 0 saturated heterocycles. The van der Waals surface area contributed by atoms with E-state index in [1.807, 2.05) is 0 Å². The summed E-state index contributed by atoms with van der Waals surface area (Å²) in [5, 5.41) is 3.33. The number of hydrogen-bond donors (Lipinski definition) is 1. The molecule has 0 bridgehead atoms. The fraction of sp³-hybridized carbons (Fsp3) is 0.353. The van der Waals surface area contributed by atoms with Crippen LogP contribution in [0.4, 0.5) is 11.5 Å². The number of fused-ring (bicyclic) bond motifs is 1. The predicted molar refractivity (Wildman–Crippen MR) is 83.4 cm³/mol. The first kappa shape index (κ1) is 13.1. The summed E-state index contributed by atoms with van der Waals surface area (Å²) in [5.41, 5.74) is 3.81. The molecule has 104 valence electrons. The van der Waals surface area contributed by atoms with Crippen molar-refractivity contribution in [2.24, 2.45) is 0 Å². The number of benzene rings is 1. The van der Waals surface area contributed by atoms with Crippen molar-refractivity contribution >= 4 is 11.5 Å². The van der Waals surface area contributed by atoms with Crippen LogP contribution < -0.4 is 10.2 Å². The van der Waals surface area contributed by atoms with Gasteiger partial charge in [-0.15, -0.1) is 0 Å². The Kier molecular flexibility index (Phi) is 3.70. The Labute approximate surface area is 120 Å². The second kappa shape index (κ2) is 5.63. The zero-order valence-corrected chi connectivity index (χ0v) is 12.1. The molecule has 1 aliphatic rings. The maximum Gasteiger partial charge on any atom is 0.133 e. The molecule has 3 rings (SSSR count). The van der Waals surface area contributed by atoms with Gasteiger partial charge in [0.2, 0.25) is 0 Å². The highest BCUT2D eigenvalue weighted by atomic mass is 15.2. The molecule has 1 aliphatic heterocycles. The predicted octanol–water partition coefficient (Wildman–Crippen LogP) is 3.27. The molecule has 1 atom stereocenters. The quantitative estimate of drug-likeness (QED) is 0.921. The number of nitrogens with zero attached hydrogens (tertiary/aromatic N) is 2. The van der Waals surface area contributed by atoms with Crippen LogP contribution in [-0.4, -0.2) is 17.6 Å². The number of pyridine rings is 1. The van der Waals surface area contributed by atoms with Crippen molar-refractivity contribution in [1.82, 2.24) is 10.3 Å². The molecular formula is C17H21N3. The zero-order valence-electron chi connectivity index (χ0n) is 12.1. The van der Waals surface area contributed by atoms with Crippen LogP contribution >= 0.6 is 0 Å². The fourth-order valence-corrected chi connectivity index (χ4v) is 2.87. The van der Waals surface area contributed by atoms with E-state index in [9.17, 15) is 0 Å². The van der Waals surface area contributed by atoms with Crippen LogP contribution in [0.1, 0.15) is 25.1 Å². The molecule has 0 saturated carbocycles. The van der Waals surface area contributed by atoms with Crippen molar-refractivity contribution in [1.29, 1.82) is 0 Å². The summed E-state index contributed by atoms with van der Waals surface area (Å²) in [6, 6.07) is 15.4. The van der Waals surface area contributed by atoms with E-state index in [1.54, 1.807) is 0 Å². The lowest BCUT2D eigenvalue weighted by atomic mass is 10.1. The molecule has 0 radical (unpaired) electrons. The number of nitrogens with one attached hydrogen (secondary N) is 1. The molecule has 1 aromatic heterocycles. The van der Waals surface area contributed by atoms with E-state index < -0.39 is 0 Å². The van der Waals surface area contributed by atoms with Gasteiger partial charge in [0.05, 0.1) is 5.69 Å². The van der Waals surface area contributed by atoms with Crippen molar-refractivity contribution in [2.75, 3.05) is 11.4 Å². The van der Waals surface area contributed by atoms with Gasteiger partial charge < -0.3 is 10.2 Å². The maximum absolute atomic E-state index is 4.80. The van der Waals surface area contributed by atoms with Crippen molar-refractivity contribution in [3.05, 3.63) is 53.7 Å². The second-order valence-corrected chi connectivity index (χ2v) is 5.32. The number of aromatic nitrogens is 1. The summed E-state index contributed by atoms with van der Waals surface area (Å²) in [4.78, 5) is 7.16. The van der Waals surface area contributed by atoms with E-state index in [2.05, 4.69) is 66.5 Å². The van der Waals surface area contributed by atoms with Crippen molar-refractivity contribution in [2.45, 2.75) is 32.9 Å². The monoisotopic (exact) mass is 267 g/mol. The minimum Gasteiger partial charge on any atom is -0.323 e. The van der Waals surface area contributed by atoms with Gasteiger partial charge in [-0.3, -0.25) is 0 Å². The van der Waals surface area contributed by atoms with Gasteiger partial charge in [0.1, 0.15) is 5.82 Å². The van der Waals surface area contributed by atoms with Crippen LogP contribution in [0.3, 0.4) is 0 Å². The summed E-state index contributed by atoms with van der Waals surface area (Å²) >= 11 is 0. The normalized spacial score (nSPS) is 17.3. The van der Waals surface area contributed by atoms with Crippen LogP contribution in [0.25, 0.3) is 0 Å². The molecule has 3 nitrogen and oxygen atoms in total. The van der Waals surface area contributed by atoms with Crippen LogP contribution in [0.5, 0.6) is 0 Å². The molecule has 1 N–H and O–H groups in total. The third kappa shape index (κ3) is 2.41. The Balaban J connectivity index is 1.93. The van der Waals surface area contributed by atoms with E-state index in [1.165, 1.54) is 11.3 Å². The Hall–Kier alpha value is -1.87. The first-order chi connectivity index (χ1) is 9.79. The SMILES string of the molecule is CCNCc1cccc(N2c3ccccc3CC2C)n1. The third-order valence-corrected chi connectivity index (χ3v) is 3.80. The summed E-state index contributed by atoms with van der Waals surface area (Å²) < 4.78 is 0. The standard InChI is InChI=1S/C17H21N3/c1-3-18-12-15-8-6-10-17(19-15)20-13(2)11-14-7-4-5-9-16(14)20/h4-10,13,18H,3,11-12H2,1-2H3. The highest BCUT2D eigenvalue weighted by Gasteiger charge is 2.27. The van der Waals surface area contributed by atoms with Crippen LogP contribution in [0, 0.1) is 0 Å². The largest absolute Gasteiger partial charge is 0.323 e. The fourth-order valence-electron chi connectivity index (χ4n) is 2.87. The molecule has 0 amide bonds. The lowest BCUT2D eigenvalue weighted by Crippen LogP contribution is -2.25. The number of rotatable bonds is 4. The molecule has 0 fully saturated rings. The maximum atomic E-state index is 4.80. The second-order valence-electron chi connectivity index (χ2n) is 5.32. The molecular weight excluding hydrogens is 246 g/mol. The minimum atomic E-state index is 0.467. The molecule has 1 aromatic carbocycles. The van der Waals surface area contributed by atoms with E-state index in [-0.39, 0.29) is 0 Å². The lowest BCUT2D eigenvalue weighted by molar-refractivity contribution is 0.703. The van der Waals surface area contributed by atoms with Crippen LogP contribution in [-0.2, 0) is 13.0 Å². The van der Waals surface area contributed by atoms with Crippen LogP contribution in [0.15, 0.2) is 42.5 Å². The van der Waals surface area contributed by atoms with Gasteiger partial charge in [0.25, 0.3) is 0 Å². The number of anilines is 2. The van der Waals surface area contributed by atoms with Crippen molar-refractivity contribution < 1.29 is 0 Å². The molecule has 2 heterocycles. The smallest absolute Gasteiger partial charge is 0.133 e. The summed E-state index contributed by atoms with van der Waals surface area (Å²) in [7, 11) is 0. The zero-order chi connectivity index (χ0) is 13.9. The average molecular weight is 267 g/mol.